The highest BCUT2D eigenvalue weighted by molar-refractivity contribution is 5.92. The van der Waals surface area contributed by atoms with Gasteiger partial charge in [-0.15, -0.1) is 0 Å². The van der Waals surface area contributed by atoms with Crippen molar-refractivity contribution in [1.29, 1.82) is 0 Å². The minimum atomic E-state index is -0.465. The lowest BCUT2D eigenvalue weighted by Gasteiger charge is -2.28. The number of nitrogens with one attached hydrogen (secondary N) is 1. The van der Waals surface area contributed by atoms with Gasteiger partial charge in [-0.25, -0.2) is 0 Å². The second-order valence-electron chi connectivity index (χ2n) is 7.22. The highest BCUT2D eigenvalue weighted by Crippen LogP contribution is 2.21. The molecule has 0 aliphatic carbocycles. The minimum absolute atomic E-state index is 0.0890. The maximum atomic E-state index is 12.0. The lowest BCUT2D eigenvalue weighted by atomic mass is 10.1. The Labute approximate surface area is 171 Å². The van der Waals surface area contributed by atoms with Crippen LogP contribution >= 0.6 is 0 Å². The molecule has 6 nitrogen and oxygen atoms in total. The topological polar surface area (TPSA) is 67.9 Å². The van der Waals surface area contributed by atoms with Gasteiger partial charge in [0.1, 0.15) is 5.75 Å². The van der Waals surface area contributed by atoms with Crippen molar-refractivity contribution in [2.45, 2.75) is 32.6 Å². The van der Waals surface area contributed by atoms with Crippen molar-refractivity contribution in [2.75, 3.05) is 36.5 Å². The van der Waals surface area contributed by atoms with E-state index in [0.717, 1.165) is 18.7 Å². The van der Waals surface area contributed by atoms with Crippen molar-refractivity contribution in [3.63, 3.8) is 0 Å². The fourth-order valence-corrected chi connectivity index (χ4v) is 3.28. The van der Waals surface area contributed by atoms with Crippen molar-refractivity contribution in [3.8, 4) is 5.75 Å². The monoisotopic (exact) mass is 396 g/mol. The number of aryl methyl sites for hydroxylation is 1. The summed E-state index contributed by atoms with van der Waals surface area (Å²) in [7, 11) is 0. The Morgan fingerprint density at radius 2 is 1.79 bits per heavy atom. The molecule has 2 aromatic rings. The number of nitrogens with zero attached hydrogens (tertiary/aromatic N) is 1. The van der Waals surface area contributed by atoms with Crippen LogP contribution in [0.3, 0.4) is 0 Å². The van der Waals surface area contributed by atoms with Crippen molar-refractivity contribution in [1.82, 2.24) is 0 Å². The number of amides is 1. The van der Waals surface area contributed by atoms with Gasteiger partial charge in [-0.1, -0.05) is 12.1 Å². The summed E-state index contributed by atoms with van der Waals surface area (Å²) in [6.07, 6.45) is 3.83. The molecule has 1 aliphatic heterocycles. The number of anilines is 2. The molecule has 1 aliphatic rings. The Morgan fingerprint density at radius 1 is 1.03 bits per heavy atom. The van der Waals surface area contributed by atoms with Crippen LogP contribution in [0, 0.1) is 6.92 Å². The van der Waals surface area contributed by atoms with Crippen molar-refractivity contribution in [3.05, 3.63) is 54.1 Å². The van der Waals surface area contributed by atoms with Crippen LogP contribution in [-0.4, -0.2) is 38.2 Å². The molecule has 0 aromatic heterocycles. The zero-order valence-electron chi connectivity index (χ0n) is 16.9. The van der Waals surface area contributed by atoms with E-state index in [1.54, 1.807) is 0 Å². The maximum absolute atomic E-state index is 12.0. The van der Waals surface area contributed by atoms with Crippen molar-refractivity contribution < 1.29 is 19.1 Å². The van der Waals surface area contributed by atoms with E-state index in [2.05, 4.69) is 10.2 Å². The molecule has 0 bridgehead atoms. The van der Waals surface area contributed by atoms with Crippen LogP contribution in [-0.2, 0) is 14.3 Å². The summed E-state index contributed by atoms with van der Waals surface area (Å²) in [6, 6.07) is 15.4. The molecule has 1 saturated heterocycles. The van der Waals surface area contributed by atoms with Gasteiger partial charge in [0.15, 0.2) is 6.61 Å². The largest absolute Gasteiger partial charge is 0.493 e. The zero-order chi connectivity index (χ0) is 20.5. The summed E-state index contributed by atoms with van der Waals surface area (Å²) < 4.78 is 10.5. The summed E-state index contributed by atoms with van der Waals surface area (Å²) >= 11 is 0. The number of esters is 1. The normalized spacial score (nSPS) is 13.6. The lowest BCUT2D eigenvalue weighted by Crippen LogP contribution is -2.29. The molecule has 0 radical (unpaired) electrons. The molecular weight excluding hydrogens is 368 g/mol. The quantitative estimate of drug-likeness (QED) is 0.685. The third-order valence-electron chi connectivity index (χ3n) is 4.80. The van der Waals surface area contributed by atoms with Gasteiger partial charge in [0, 0.05) is 24.5 Å². The second-order valence-corrected chi connectivity index (χ2v) is 7.22. The van der Waals surface area contributed by atoms with Gasteiger partial charge in [0.2, 0.25) is 0 Å². The summed E-state index contributed by atoms with van der Waals surface area (Å²) in [4.78, 5) is 26.2. The third-order valence-corrected chi connectivity index (χ3v) is 4.80. The van der Waals surface area contributed by atoms with Crippen molar-refractivity contribution >= 4 is 23.3 Å². The standard InChI is InChI=1S/C23H28N2O4/c1-18-6-5-7-21(16-18)28-15-12-23(27)29-17-22(26)24-19-8-10-20(11-9-19)25-13-3-2-4-14-25/h5-11,16H,2-4,12-15,17H2,1H3,(H,24,26). The van der Waals surface area contributed by atoms with E-state index in [4.69, 9.17) is 9.47 Å². The average molecular weight is 396 g/mol. The Balaban J connectivity index is 1.35. The van der Waals surface area contributed by atoms with Gasteiger partial charge in [-0.3, -0.25) is 9.59 Å². The Morgan fingerprint density at radius 3 is 2.52 bits per heavy atom. The summed E-state index contributed by atoms with van der Waals surface area (Å²) in [6.45, 7) is 4.03. The fourth-order valence-electron chi connectivity index (χ4n) is 3.28. The molecule has 3 rings (SSSR count). The van der Waals surface area contributed by atoms with E-state index < -0.39 is 5.97 Å². The molecule has 0 atom stereocenters. The van der Waals surface area contributed by atoms with Crippen molar-refractivity contribution in [2.24, 2.45) is 0 Å². The first-order valence-corrected chi connectivity index (χ1v) is 10.1. The zero-order valence-corrected chi connectivity index (χ0v) is 16.9. The first kappa shape index (κ1) is 20.7. The predicted molar refractivity (Wildman–Crippen MR) is 113 cm³/mol. The van der Waals surface area contributed by atoms with E-state index in [0.29, 0.717) is 11.4 Å². The molecule has 1 N–H and O–H groups in total. The van der Waals surface area contributed by atoms with Crippen LogP contribution in [0.5, 0.6) is 5.75 Å². The van der Waals surface area contributed by atoms with Gasteiger partial charge in [0.05, 0.1) is 13.0 Å². The van der Waals surface area contributed by atoms with E-state index in [9.17, 15) is 9.59 Å². The van der Waals surface area contributed by atoms with Crippen LogP contribution < -0.4 is 15.0 Å². The predicted octanol–water partition coefficient (Wildman–Crippen LogP) is 3.94. The molecule has 1 fully saturated rings. The number of carbonyl (C=O) groups excluding carboxylic acids is 2. The number of rotatable bonds is 8. The van der Waals surface area contributed by atoms with Crippen LogP contribution in [0.1, 0.15) is 31.2 Å². The minimum Gasteiger partial charge on any atom is -0.493 e. The average Bonchev–Trinajstić information content (AvgIpc) is 2.73. The second kappa shape index (κ2) is 10.5. The van der Waals surface area contributed by atoms with Crippen LogP contribution in [0.15, 0.2) is 48.5 Å². The lowest BCUT2D eigenvalue weighted by molar-refractivity contribution is -0.147. The molecule has 1 amide bonds. The molecule has 154 valence electrons. The SMILES string of the molecule is Cc1cccc(OCCC(=O)OCC(=O)Nc2ccc(N3CCCCC3)cc2)c1. The van der Waals surface area contributed by atoms with Gasteiger partial charge in [-0.05, 0) is 68.1 Å². The number of hydrogen-bond acceptors (Lipinski definition) is 5. The van der Waals surface area contributed by atoms with Crippen LogP contribution in [0.25, 0.3) is 0 Å². The highest BCUT2D eigenvalue weighted by atomic mass is 16.5. The first-order valence-electron chi connectivity index (χ1n) is 10.1. The summed E-state index contributed by atoms with van der Waals surface area (Å²) in [5, 5.41) is 2.75. The number of carbonyl (C=O) groups is 2. The van der Waals surface area contributed by atoms with Gasteiger partial charge >= 0.3 is 5.97 Å². The van der Waals surface area contributed by atoms with Crippen LogP contribution in [0.4, 0.5) is 11.4 Å². The van der Waals surface area contributed by atoms with E-state index in [1.165, 1.54) is 24.9 Å². The molecule has 0 unspecified atom stereocenters. The van der Waals surface area contributed by atoms with E-state index in [-0.39, 0.29) is 25.5 Å². The first-order chi connectivity index (χ1) is 14.1. The van der Waals surface area contributed by atoms with E-state index in [1.807, 2.05) is 55.5 Å². The summed E-state index contributed by atoms with van der Waals surface area (Å²) in [5.41, 5.74) is 2.95. The number of ether oxygens (including phenoxy) is 2. The third kappa shape index (κ3) is 6.82. The van der Waals surface area contributed by atoms with Crippen LogP contribution in [0.2, 0.25) is 0 Å². The number of benzene rings is 2. The molecular formula is C23H28N2O4. The highest BCUT2D eigenvalue weighted by Gasteiger charge is 2.12. The number of piperidine rings is 1. The molecule has 2 aromatic carbocycles. The number of hydrogen-bond donors (Lipinski definition) is 1. The Kier molecular flexibility index (Phi) is 7.50. The Bertz CT molecular complexity index is 814. The molecule has 0 saturated carbocycles. The molecule has 6 heteroatoms. The molecule has 29 heavy (non-hydrogen) atoms. The smallest absolute Gasteiger partial charge is 0.309 e. The van der Waals surface area contributed by atoms with Gasteiger partial charge in [-0.2, -0.15) is 0 Å². The maximum Gasteiger partial charge on any atom is 0.309 e. The van der Waals surface area contributed by atoms with Gasteiger partial charge < -0.3 is 19.7 Å². The summed E-state index contributed by atoms with van der Waals surface area (Å²) in [5.74, 6) is -0.111. The Hall–Kier alpha value is -3.02. The van der Waals surface area contributed by atoms with E-state index >= 15 is 0 Å². The fraction of sp³-hybridized carbons (Fsp3) is 0.391. The molecule has 1 heterocycles. The van der Waals surface area contributed by atoms with Gasteiger partial charge in [0.25, 0.3) is 5.91 Å². The molecule has 0 spiro atoms.